The van der Waals surface area contributed by atoms with Crippen molar-refractivity contribution in [3.8, 4) is 0 Å². The molecule has 0 radical (unpaired) electrons. The molecule has 1 aromatic carbocycles. The molecule has 0 atom stereocenters. The van der Waals surface area contributed by atoms with Gasteiger partial charge in [0.1, 0.15) is 9.34 Å². The monoisotopic (exact) mass is 331 g/mol. The summed E-state index contributed by atoms with van der Waals surface area (Å²) in [6, 6.07) is 6.61. The molecule has 20 heavy (non-hydrogen) atoms. The van der Waals surface area contributed by atoms with Crippen LogP contribution in [0.2, 0.25) is 4.34 Å². The van der Waals surface area contributed by atoms with Gasteiger partial charge in [0.2, 0.25) is 10.0 Å². The first-order chi connectivity index (χ1) is 9.39. The van der Waals surface area contributed by atoms with E-state index < -0.39 is 10.0 Å². The predicted octanol–water partition coefficient (Wildman–Crippen LogP) is 2.66. The van der Waals surface area contributed by atoms with Crippen LogP contribution in [0.5, 0.6) is 0 Å². The van der Waals surface area contributed by atoms with Crippen LogP contribution in [0.25, 0.3) is 0 Å². The summed E-state index contributed by atoms with van der Waals surface area (Å²) in [7, 11) is -0.364. The lowest BCUT2D eigenvalue weighted by Crippen LogP contribution is -2.22. The molecule has 0 saturated heterocycles. The van der Waals surface area contributed by atoms with Gasteiger partial charge in [-0.25, -0.2) is 17.7 Å². The molecule has 8 heteroatoms. The first kappa shape index (κ1) is 15.2. The van der Waals surface area contributed by atoms with Crippen molar-refractivity contribution in [2.75, 3.05) is 19.4 Å². The van der Waals surface area contributed by atoms with Gasteiger partial charge in [-0.2, -0.15) is 0 Å². The van der Waals surface area contributed by atoms with E-state index in [1.165, 1.54) is 29.7 Å². The van der Waals surface area contributed by atoms with E-state index in [0.717, 1.165) is 10.7 Å². The van der Waals surface area contributed by atoms with Crippen LogP contribution in [0.3, 0.4) is 0 Å². The lowest BCUT2D eigenvalue weighted by molar-refractivity contribution is 0.521. The number of anilines is 1. The van der Waals surface area contributed by atoms with Crippen LogP contribution < -0.4 is 5.32 Å². The molecule has 0 aliphatic carbocycles. The number of aromatic nitrogens is 1. The zero-order valence-electron chi connectivity index (χ0n) is 11.0. The highest BCUT2D eigenvalue weighted by Crippen LogP contribution is 2.20. The Hall–Kier alpha value is -1.15. The van der Waals surface area contributed by atoms with E-state index in [1.807, 2.05) is 0 Å². The van der Waals surface area contributed by atoms with Gasteiger partial charge < -0.3 is 5.32 Å². The fraction of sp³-hybridized carbons (Fsp3) is 0.250. The Kier molecular flexibility index (Phi) is 4.64. The van der Waals surface area contributed by atoms with E-state index in [9.17, 15) is 8.42 Å². The van der Waals surface area contributed by atoms with Crippen LogP contribution in [-0.4, -0.2) is 31.8 Å². The molecule has 0 amide bonds. The predicted molar refractivity (Wildman–Crippen MR) is 81.8 cm³/mol. The third-order valence-electron chi connectivity index (χ3n) is 2.60. The average Bonchev–Trinajstić information content (AvgIpc) is 2.82. The maximum Gasteiger partial charge on any atom is 0.242 e. The topological polar surface area (TPSA) is 62.3 Å². The molecule has 0 spiro atoms. The molecule has 108 valence electrons. The van der Waals surface area contributed by atoms with Gasteiger partial charge in [0.05, 0.1) is 17.6 Å². The third kappa shape index (κ3) is 3.49. The van der Waals surface area contributed by atoms with Crippen LogP contribution in [0.4, 0.5) is 5.69 Å². The van der Waals surface area contributed by atoms with Gasteiger partial charge in [-0.1, -0.05) is 11.6 Å². The van der Waals surface area contributed by atoms with Crippen molar-refractivity contribution in [1.29, 1.82) is 0 Å². The molecule has 1 aromatic heterocycles. The van der Waals surface area contributed by atoms with E-state index in [-0.39, 0.29) is 4.90 Å². The molecule has 2 aromatic rings. The molecular formula is C12H14ClN3O2S2. The number of hydrogen-bond acceptors (Lipinski definition) is 5. The van der Waals surface area contributed by atoms with E-state index in [2.05, 4.69) is 10.3 Å². The summed E-state index contributed by atoms with van der Waals surface area (Å²) in [5.41, 5.74) is 0.828. The largest absolute Gasteiger partial charge is 0.379 e. The van der Waals surface area contributed by atoms with Crippen molar-refractivity contribution >= 4 is 38.6 Å². The molecule has 1 heterocycles. The number of sulfonamides is 1. The minimum atomic E-state index is -3.38. The molecule has 0 aliphatic rings. The minimum Gasteiger partial charge on any atom is -0.379 e. The zero-order chi connectivity index (χ0) is 14.8. The van der Waals surface area contributed by atoms with E-state index in [4.69, 9.17) is 11.6 Å². The van der Waals surface area contributed by atoms with E-state index in [0.29, 0.717) is 10.9 Å². The number of thiazole rings is 1. The number of halogens is 1. The summed E-state index contributed by atoms with van der Waals surface area (Å²) in [5.74, 6) is 0. The van der Waals surface area contributed by atoms with Crippen molar-refractivity contribution < 1.29 is 8.42 Å². The van der Waals surface area contributed by atoms with Gasteiger partial charge in [-0.3, -0.25) is 0 Å². The molecule has 1 N–H and O–H groups in total. The SMILES string of the molecule is CN(C)S(=O)(=O)c1ccc(NCc2ncc(Cl)s2)cc1. The van der Waals surface area contributed by atoms with Crippen molar-refractivity contribution in [3.63, 3.8) is 0 Å². The second-order valence-corrected chi connectivity index (χ2v) is 8.12. The van der Waals surface area contributed by atoms with Crippen LogP contribution >= 0.6 is 22.9 Å². The third-order valence-corrected chi connectivity index (χ3v) is 5.55. The van der Waals surface area contributed by atoms with E-state index >= 15 is 0 Å². The maximum absolute atomic E-state index is 11.9. The van der Waals surface area contributed by atoms with Gasteiger partial charge >= 0.3 is 0 Å². The van der Waals surface area contributed by atoms with Crippen molar-refractivity contribution in [1.82, 2.24) is 9.29 Å². The Morgan fingerprint density at radius 1 is 1.30 bits per heavy atom. The van der Waals surface area contributed by atoms with Crippen LogP contribution in [0, 0.1) is 0 Å². The normalized spacial score (nSPS) is 11.8. The molecule has 0 aliphatic heterocycles. The lowest BCUT2D eigenvalue weighted by Gasteiger charge is -2.12. The highest BCUT2D eigenvalue weighted by Gasteiger charge is 2.16. The Morgan fingerprint density at radius 2 is 1.95 bits per heavy atom. The van der Waals surface area contributed by atoms with E-state index in [1.54, 1.807) is 30.5 Å². The second-order valence-electron chi connectivity index (χ2n) is 4.22. The Labute approximate surface area is 127 Å². The zero-order valence-corrected chi connectivity index (χ0v) is 13.4. The number of benzene rings is 1. The fourth-order valence-corrected chi connectivity index (χ4v) is 3.30. The Bertz CT molecular complexity index is 681. The molecule has 2 rings (SSSR count). The summed E-state index contributed by atoms with van der Waals surface area (Å²) in [6.07, 6.45) is 1.61. The summed E-state index contributed by atoms with van der Waals surface area (Å²) in [6.45, 7) is 0.553. The van der Waals surface area contributed by atoms with Crippen LogP contribution in [0.15, 0.2) is 35.4 Å². The number of hydrogen-bond donors (Lipinski definition) is 1. The number of nitrogens with zero attached hydrogens (tertiary/aromatic N) is 2. The van der Waals surface area contributed by atoms with Gasteiger partial charge in [0.25, 0.3) is 0 Å². The lowest BCUT2D eigenvalue weighted by atomic mass is 10.3. The maximum atomic E-state index is 11.9. The first-order valence-corrected chi connectivity index (χ1v) is 8.40. The van der Waals surface area contributed by atoms with Crippen molar-refractivity contribution in [2.24, 2.45) is 0 Å². The summed E-state index contributed by atoms with van der Waals surface area (Å²) in [5, 5.41) is 4.04. The smallest absolute Gasteiger partial charge is 0.242 e. The highest BCUT2D eigenvalue weighted by molar-refractivity contribution is 7.89. The van der Waals surface area contributed by atoms with Crippen molar-refractivity contribution in [3.05, 3.63) is 39.8 Å². The fourth-order valence-electron chi connectivity index (χ4n) is 1.50. The number of nitrogens with one attached hydrogen (secondary N) is 1. The number of rotatable bonds is 5. The molecule has 0 fully saturated rings. The van der Waals surface area contributed by atoms with Crippen LogP contribution in [0.1, 0.15) is 5.01 Å². The van der Waals surface area contributed by atoms with Crippen molar-refractivity contribution in [2.45, 2.75) is 11.4 Å². The summed E-state index contributed by atoms with van der Waals surface area (Å²) < 4.78 is 25.7. The molecule has 0 bridgehead atoms. The van der Waals surface area contributed by atoms with Gasteiger partial charge in [-0.05, 0) is 24.3 Å². The molecule has 0 unspecified atom stereocenters. The summed E-state index contributed by atoms with van der Waals surface area (Å²) >= 11 is 7.21. The second kappa shape index (κ2) is 6.09. The minimum absolute atomic E-state index is 0.269. The first-order valence-electron chi connectivity index (χ1n) is 5.76. The Balaban J connectivity index is 2.05. The Morgan fingerprint density at radius 3 is 2.45 bits per heavy atom. The summed E-state index contributed by atoms with van der Waals surface area (Å²) in [4.78, 5) is 4.40. The van der Waals surface area contributed by atoms with Gasteiger partial charge in [0, 0.05) is 19.8 Å². The molecule has 0 saturated carbocycles. The molecule has 5 nitrogen and oxygen atoms in total. The molecular weight excluding hydrogens is 318 g/mol. The van der Waals surface area contributed by atoms with Gasteiger partial charge in [0.15, 0.2) is 0 Å². The average molecular weight is 332 g/mol. The quantitative estimate of drug-likeness (QED) is 0.915. The van der Waals surface area contributed by atoms with Gasteiger partial charge in [-0.15, -0.1) is 11.3 Å². The van der Waals surface area contributed by atoms with Crippen LogP contribution in [-0.2, 0) is 16.6 Å². The highest BCUT2D eigenvalue weighted by atomic mass is 35.5. The standard InChI is InChI=1S/C12H14ClN3O2S2/c1-16(2)20(17,18)10-5-3-9(4-6-10)14-8-12-15-7-11(13)19-12/h3-7,14H,8H2,1-2H3.